The van der Waals surface area contributed by atoms with Gasteiger partial charge in [-0.3, -0.25) is 0 Å². The van der Waals surface area contributed by atoms with E-state index in [1.807, 2.05) is 65.8 Å². The van der Waals surface area contributed by atoms with Crippen LogP contribution in [0.5, 0.6) is 5.75 Å². The van der Waals surface area contributed by atoms with Crippen LogP contribution >= 0.6 is 0 Å². The number of aryl methyl sites for hydroxylation is 1. The molecule has 0 saturated heterocycles. The summed E-state index contributed by atoms with van der Waals surface area (Å²) >= 11 is 0. The van der Waals surface area contributed by atoms with Crippen molar-refractivity contribution in [3.8, 4) is 5.75 Å². The Morgan fingerprint density at radius 1 is 1.19 bits per heavy atom. The first-order chi connectivity index (χ1) is 9.67. The van der Waals surface area contributed by atoms with Gasteiger partial charge in [-0.2, -0.15) is 0 Å². The SMILES string of the molecule is Cc1cc2cc(OC(C)C)ccc2n1C(=O)OC(C)(C)C. The van der Waals surface area contributed by atoms with Crippen molar-refractivity contribution in [2.24, 2.45) is 0 Å². The Bertz CT molecular complexity index is 662. The van der Waals surface area contributed by atoms with E-state index >= 15 is 0 Å². The van der Waals surface area contributed by atoms with Gasteiger partial charge >= 0.3 is 6.09 Å². The molecule has 0 bridgehead atoms. The highest BCUT2D eigenvalue weighted by molar-refractivity contribution is 5.91. The number of fused-ring (bicyclic) bond motifs is 1. The van der Waals surface area contributed by atoms with Crippen LogP contribution in [-0.2, 0) is 4.74 Å². The maximum absolute atomic E-state index is 12.3. The van der Waals surface area contributed by atoms with Crippen molar-refractivity contribution in [3.63, 3.8) is 0 Å². The summed E-state index contributed by atoms with van der Waals surface area (Å²) in [6, 6.07) is 7.68. The van der Waals surface area contributed by atoms with Crippen molar-refractivity contribution in [1.29, 1.82) is 0 Å². The normalized spacial score (nSPS) is 12.0. The molecule has 0 saturated carbocycles. The molecule has 0 radical (unpaired) electrons. The van der Waals surface area contributed by atoms with E-state index in [1.165, 1.54) is 0 Å². The second-order valence-electron chi connectivity index (χ2n) is 6.49. The second kappa shape index (κ2) is 5.43. The van der Waals surface area contributed by atoms with Gasteiger partial charge in [0.25, 0.3) is 0 Å². The van der Waals surface area contributed by atoms with Gasteiger partial charge < -0.3 is 9.47 Å². The first-order valence-corrected chi connectivity index (χ1v) is 7.19. The van der Waals surface area contributed by atoms with Crippen LogP contribution in [0.25, 0.3) is 10.9 Å². The van der Waals surface area contributed by atoms with Gasteiger partial charge in [-0.25, -0.2) is 9.36 Å². The first-order valence-electron chi connectivity index (χ1n) is 7.19. The lowest BCUT2D eigenvalue weighted by Gasteiger charge is -2.20. The van der Waals surface area contributed by atoms with Gasteiger partial charge in [0.05, 0.1) is 11.6 Å². The molecule has 1 aromatic carbocycles. The number of ether oxygens (including phenoxy) is 2. The summed E-state index contributed by atoms with van der Waals surface area (Å²) in [5.41, 5.74) is 1.17. The molecule has 0 amide bonds. The third kappa shape index (κ3) is 3.57. The number of hydrogen-bond donors (Lipinski definition) is 0. The number of aromatic nitrogens is 1. The Morgan fingerprint density at radius 2 is 1.86 bits per heavy atom. The Balaban J connectivity index is 2.41. The molecule has 2 rings (SSSR count). The number of benzene rings is 1. The van der Waals surface area contributed by atoms with E-state index in [-0.39, 0.29) is 12.2 Å². The van der Waals surface area contributed by atoms with E-state index in [1.54, 1.807) is 4.57 Å². The van der Waals surface area contributed by atoms with Gasteiger partial charge in [0, 0.05) is 11.1 Å². The fraction of sp³-hybridized carbons (Fsp3) is 0.471. The molecular formula is C17H23NO3. The molecule has 0 atom stereocenters. The van der Waals surface area contributed by atoms with Crippen LogP contribution in [0, 0.1) is 6.92 Å². The van der Waals surface area contributed by atoms with Gasteiger partial charge in [0.2, 0.25) is 0 Å². The van der Waals surface area contributed by atoms with Gasteiger partial charge in [-0.05, 0) is 65.8 Å². The van der Waals surface area contributed by atoms with E-state index in [0.29, 0.717) is 0 Å². The average molecular weight is 289 g/mol. The highest BCUT2D eigenvalue weighted by atomic mass is 16.6. The molecule has 0 N–H and O–H groups in total. The van der Waals surface area contributed by atoms with Crippen molar-refractivity contribution in [1.82, 2.24) is 4.57 Å². The lowest BCUT2D eigenvalue weighted by Crippen LogP contribution is -2.27. The third-order valence-electron chi connectivity index (χ3n) is 2.90. The Hall–Kier alpha value is -1.97. The minimum atomic E-state index is -0.513. The number of rotatable bonds is 2. The maximum atomic E-state index is 12.3. The van der Waals surface area contributed by atoms with Crippen LogP contribution in [0.3, 0.4) is 0 Å². The maximum Gasteiger partial charge on any atom is 0.419 e. The molecule has 4 heteroatoms. The second-order valence-corrected chi connectivity index (χ2v) is 6.49. The summed E-state index contributed by atoms with van der Waals surface area (Å²) < 4.78 is 12.7. The zero-order valence-electron chi connectivity index (χ0n) is 13.6. The number of nitrogens with zero attached hydrogens (tertiary/aromatic N) is 1. The molecule has 1 heterocycles. The molecule has 0 aliphatic rings. The molecule has 0 fully saturated rings. The van der Waals surface area contributed by atoms with Crippen LogP contribution in [0.4, 0.5) is 4.79 Å². The predicted molar refractivity (Wildman–Crippen MR) is 84.1 cm³/mol. The van der Waals surface area contributed by atoms with Gasteiger partial charge in [-0.1, -0.05) is 0 Å². The van der Waals surface area contributed by atoms with Crippen LogP contribution in [0.15, 0.2) is 24.3 Å². The molecule has 114 valence electrons. The summed E-state index contributed by atoms with van der Waals surface area (Å²) in [7, 11) is 0. The van der Waals surface area contributed by atoms with Crippen molar-refractivity contribution >= 4 is 17.0 Å². The Kier molecular flexibility index (Phi) is 3.99. The average Bonchev–Trinajstić information content (AvgIpc) is 2.60. The summed E-state index contributed by atoms with van der Waals surface area (Å²) in [5, 5.41) is 0.969. The molecule has 2 aromatic rings. The number of hydrogen-bond acceptors (Lipinski definition) is 3. The predicted octanol–water partition coefficient (Wildman–Crippen LogP) is 4.52. The zero-order valence-corrected chi connectivity index (χ0v) is 13.6. The zero-order chi connectivity index (χ0) is 15.8. The van der Waals surface area contributed by atoms with Crippen molar-refractivity contribution in [3.05, 3.63) is 30.0 Å². The molecule has 0 aliphatic heterocycles. The number of carbonyl (C=O) groups is 1. The van der Waals surface area contributed by atoms with E-state index < -0.39 is 5.60 Å². The smallest absolute Gasteiger partial charge is 0.419 e. The Morgan fingerprint density at radius 3 is 2.43 bits per heavy atom. The van der Waals surface area contributed by atoms with Crippen LogP contribution in [-0.4, -0.2) is 22.4 Å². The Labute approximate surface area is 125 Å². The molecule has 0 aliphatic carbocycles. The van der Waals surface area contributed by atoms with E-state index in [0.717, 1.165) is 22.3 Å². The highest BCUT2D eigenvalue weighted by Crippen LogP contribution is 2.26. The largest absolute Gasteiger partial charge is 0.491 e. The molecular weight excluding hydrogens is 266 g/mol. The van der Waals surface area contributed by atoms with E-state index in [2.05, 4.69) is 0 Å². The monoisotopic (exact) mass is 289 g/mol. The summed E-state index contributed by atoms with van der Waals surface area (Å²) in [6.45, 7) is 11.5. The molecule has 0 spiro atoms. The van der Waals surface area contributed by atoms with Crippen LogP contribution < -0.4 is 4.74 Å². The fourth-order valence-electron chi connectivity index (χ4n) is 2.23. The molecule has 21 heavy (non-hydrogen) atoms. The quantitative estimate of drug-likeness (QED) is 0.816. The minimum absolute atomic E-state index is 0.122. The van der Waals surface area contributed by atoms with Crippen LogP contribution in [0.1, 0.15) is 40.3 Å². The molecule has 4 nitrogen and oxygen atoms in total. The lowest BCUT2D eigenvalue weighted by molar-refractivity contribution is 0.0541. The third-order valence-corrected chi connectivity index (χ3v) is 2.90. The van der Waals surface area contributed by atoms with E-state index in [9.17, 15) is 4.79 Å². The van der Waals surface area contributed by atoms with Crippen molar-refractivity contribution in [2.45, 2.75) is 53.2 Å². The summed E-state index contributed by atoms with van der Waals surface area (Å²) in [6.07, 6.45) is -0.232. The number of carbonyl (C=O) groups excluding carboxylic acids is 1. The van der Waals surface area contributed by atoms with Gasteiger partial charge in [-0.15, -0.1) is 0 Å². The van der Waals surface area contributed by atoms with Crippen molar-refractivity contribution in [2.75, 3.05) is 0 Å². The topological polar surface area (TPSA) is 40.5 Å². The standard InChI is InChI=1S/C17H23NO3/c1-11(2)20-14-7-8-15-13(10-14)9-12(3)18(15)16(19)21-17(4,5)6/h7-11H,1-6H3. The highest BCUT2D eigenvalue weighted by Gasteiger charge is 2.21. The van der Waals surface area contributed by atoms with Crippen molar-refractivity contribution < 1.29 is 14.3 Å². The lowest BCUT2D eigenvalue weighted by atomic mass is 10.2. The fourth-order valence-corrected chi connectivity index (χ4v) is 2.23. The minimum Gasteiger partial charge on any atom is -0.491 e. The molecule has 1 aromatic heterocycles. The van der Waals surface area contributed by atoms with Gasteiger partial charge in [0.15, 0.2) is 0 Å². The van der Waals surface area contributed by atoms with Gasteiger partial charge in [0.1, 0.15) is 11.4 Å². The van der Waals surface area contributed by atoms with E-state index in [4.69, 9.17) is 9.47 Å². The molecule has 0 unspecified atom stereocenters. The first kappa shape index (κ1) is 15.4. The summed E-state index contributed by atoms with van der Waals surface area (Å²) in [4.78, 5) is 12.3. The van der Waals surface area contributed by atoms with Crippen LogP contribution in [0.2, 0.25) is 0 Å². The summed E-state index contributed by atoms with van der Waals surface area (Å²) in [5.74, 6) is 0.804.